The minimum absolute atomic E-state index is 0. The van der Waals surface area contributed by atoms with Gasteiger partial charge in [0.05, 0.1) is 19.6 Å². The van der Waals surface area contributed by atoms with Crippen LogP contribution in [0.15, 0.2) is 30.3 Å². The summed E-state index contributed by atoms with van der Waals surface area (Å²) < 4.78 is 0. The molecule has 0 aromatic heterocycles. The Balaban J connectivity index is 0. The summed E-state index contributed by atoms with van der Waals surface area (Å²) in [5, 5.41) is 26.6. The number of hydrogen-bond donors (Lipinski definition) is 3. The van der Waals surface area contributed by atoms with Crippen molar-refractivity contribution >= 4 is 37.3 Å². The SMILES string of the molecule is O=C(O)CN(CCN(CC(=O)O)Cc1ccccc1)CC(=O)O.[Cl][Ru-][Cl].[K+]. The summed E-state index contributed by atoms with van der Waals surface area (Å²) >= 11 is -0.346. The zero-order valence-corrected chi connectivity index (χ0v) is 21.1. The average Bonchev–Trinajstić information content (AvgIpc) is 2.52. The molecular formula is C15H20Cl2KN2O6Ru. The molecule has 27 heavy (non-hydrogen) atoms. The third-order valence-corrected chi connectivity index (χ3v) is 3.06. The number of carboxylic acids is 3. The Kier molecular flexibility index (Phi) is 20.2. The van der Waals surface area contributed by atoms with Crippen LogP contribution in [-0.2, 0) is 36.1 Å². The quantitative estimate of drug-likeness (QED) is 0.291. The molecular weight excluding hydrogens is 515 g/mol. The van der Waals surface area contributed by atoms with Gasteiger partial charge in [-0.3, -0.25) is 24.2 Å². The van der Waals surface area contributed by atoms with Crippen molar-refractivity contribution in [1.82, 2.24) is 9.80 Å². The van der Waals surface area contributed by atoms with Gasteiger partial charge in [0.1, 0.15) is 0 Å². The van der Waals surface area contributed by atoms with Gasteiger partial charge in [-0.1, -0.05) is 30.3 Å². The molecule has 0 aliphatic carbocycles. The molecule has 0 saturated carbocycles. The van der Waals surface area contributed by atoms with Gasteiger partial charge >= 0.3 is 104 Å². The zero-order valence-electron chi connectivity index (χ0n) is 14.7. The minimum Gasteiger partial charge on any atom is 1.00 e. The molecule has 0 atom stereocenters. The maximum absolute atomic E-state index is 11.0. The summed E-state index contributed by atoms with van der Waals surface area (Å²) in [5.41, 5.74) is 0.928. The zero-order chi connectivity index (χ0) is 19.9. The summed E-state index contributed by atoms with van der Waals surface area (Å²) in [5.74, 6) is -3.25. The van der Waals surface area contributed by atoms with E-state index in [1.165, 1.54) is 4.90 Å². The van der Waals surface area contributed by atoms with E-state index in [9.17, 15) is 14.4 Å². The smallest absolute Gasteiger partial charge is 1.00 e. The Morgan fingerprint density at radius 3 is 1.59 bits per heavy atom. The normalized spacial score (nSPS) is 10.1. The van der Waals surface area contributed by atoms with Crippen molar-refractivity contribution in [1.29, 1.82) is 0 Å². The maximum atomic E-state index is 11.0. The molecule has 0 unspecified atom stereocenters. The minimum atomic E-state index is -1.13. The third kappa shape index (κ3) is 18.2. The molecule has 0 bridgehead atoms. The molecule has 0 aliphatic rings. The molecule has 1 aromatic rings. The monoisotopic (exact) mass is 535 g/mol. The first-order valence-corrected chi connectivity index (χ1v) is 11.7. The topological polar surface area (TPSA) is 118 Å². The van der Waals surface area contributed by atoms with Crippen LogP contribution in [0.25, 0.3) is 0 Å². The van der Waals surface area contributed by atoms with E-state index in [1.54, 1.807) is 4.90 Å². The van der Waals surface area contributed by atoms with E-state index in [2.05, 4.69) is 0 Å². The standard InChI is InChI=1S/C15H20N2O6.2ClH.K.Ru/c18-13(19)9-16(8-12-4-2-1-3-5-12)6-7-17(10-14(20)21)11-15(22)23;;;;/h1-5H,6-11H2,(H,18,19)(H,20,21)(H,22,23);2*1H;;/q;;;2*+1/p-2. The van der Waals surface area contributed by atoms with Crippen molar-refractivity contribution in [3.63, 3.8) is 0 Å². The Bertz CT molecular complexity index is 554. The second-order valence-electron chi connectivity index (χ2n) is 5.14. The predicted octanol–water partition coefficient (Wildman–Crippen LogP) is -1.58. The van der Waals surface area contributed by atoms with Gasteiger partial charge in [-0.15, -0.1) is 0 Å². The van der Waals surface area contributed by atoms with Gasteiger partial charge in [-0.2, -0.15) is 0 Å². The van der Waals surface area contributed by atoms with Gasteiger partial charge in [0.2, 0.25) is 0 Å². The van der Waals surface area contributed by atoms with Crippen LogP contribution >= 0.6 is 19.4 Å². The van der Waals surface area contributed by atoms with Crippen molar-refractivity contribution in [3.05, 3.63) is 35.9 Å². The molecule has 12 heteroatoms. The van der Waals surface area contributed by atoms with E-state index in [1.807, 2.05) is 30.3 Å². The molecule has 0 fully saturated rings. The van der Waals surface area contributed by atoms with Crippen LogP contribution in [-0.4, -0.2) is 75.8 Å². The predicted molar refractivity (Wildman–Crippen MR) is 92.8 cm³/mol. The largest absolute Gasteiger partial charge is 1.00 e. The fourth-order valence-electron chi connectivity index (χ4n) is 2.13. The summed E-state index contributed by atoms with van der Waals surface area (Å²) in [6.45, 7) is -0.221. The number of halogens is 2. The van der Waals surface area contributed by atoms with Crippen molar-refractivity contribution in [2.24, 2.45) is 0 Å². The van der Waals surface area contributed by atoms with Crippen molar-refractivity contribution < 1.29 is 96.2 Å². The Labute approximate surface area is 215 Å². The van der Waals surface area contributed by atoms with Crippen molar-refractivity contribution in [2.45, 2.75) is 6.54 Å². The van der Waals surface area contributed by atoms with Crippen LogP contribution < -0.4 is 51.4 Å². The molecule has 0 aliphatic heterocycles. The third-order valence-electron chi connectivity index (χ3n) is 3.06. The fraction of sp³-hybridized carbons (Fsp3) is 0.400. The van der Waals surface area contributed by atoms with E-state index in [4.69, 9.17) is 34.7 Å². The molecule has 0 saturated heterocycles. The van der Waals surface area contributed by atoms with Crippen molar-refractivity contribution in [3.8, 4) is 0 Å². The van der Waals surface area contributed by atoms with E-state index in [-0.39, 0.29) is 86.2 Å². The van der Waals surface area contributed by atoms with Crippen molar-refractivity contribution in [2.75, 3.05) is 32.7 Å². The molecule has 1 rings (SSSR count). The van der Waals surface area contributed by atoms with Crippen LogP contribution in [0.3, 0.4) is 0 Å². The molecule has 0 heterocycles. The van der Waals surface area contributed by atoms with Crippen LogP contribution in [0.2, 0.25) is 0 Å². The first-order valence-electron chi connectivity index (χ1n) is 7.27. The summed E-state index contributed by atoms with van der Waals surface area (Å²) in [6.07, 6.45) is 0. The number of aliphatic carboxylic acids is 3. The second-order valence-corrected chi connectivity index (χ2v) is 7.78. The van der Waals surface area contributed by atoms with E-state index in [0.29, 0.717) is 6.54 Å². The summed E-state index contributed by atoms with van der Waals surface area (Å²) in [6, 6.07) is 9.26. The number of carboxylic acid groups (broad SMARTS) is 3. The molecule has 0 amide bonds. The van der Waals surface area contributed by atoms with E-state index >= 15 is 0 Å². The molecule has 149 valence electrons. The van der Waals surface area contributed by atoms with Crippen LogP contribution in [0, 0.1) is 0 Å². The van der Waals surface area contributed by atoms with Gasteiger partial charge in [-0.05, 0) is 5.56 Å². The maximum Gasteiger partial charge on any atom is 1.00 e. The summed E-state index contributed by atoms with van der Waals surface area (Å²) in [7, 11) is 9.71. The van der Waals surface area contributed by atoms with Gasteiger partial charge in [0.25, 0.3) is 0 Å². The van der Waals surface area contributed by atoms with Gasteiger partial charge in [0, 0.05) is 19.6 Å². The van der Waals surface area contributed by atoms with Crippen LogP contribution in [0.4, 0.5) is 0 Å². The molecule has 1 aromatic carbocycles. The van der Waals surface area contributed by atoms with Gasteiger partial charge in [0.15, 0.2) is 0 Å². The number of carbonyl (C=O) groups is 3. The molecule has 3 N–H and O–H groups in total. The van der Waals surface area contributed by atoms with E-state index in [0.717, 1.165) is 5.56 Å². The number of benzene rings is 1. The Morgan fingerprint density at radius 2 is 1.19 bits per heavy atom. The number of nitrogens with zero attached hydrogens (tertiary/aromatic N) is 2. The Morgan fingerprint density at radius 1 is 0.815 bits per heavy atom. The van der Waals surface area contributed by atoms with Gasteiger partial charge < -0.3 is 15.3 Å². The van der Waals surface area contributed by atoms with Crippen LogP contribution in [0.5, 0.6) is 0 Å². The number of hydrogen-bond acceptors (Lipinski definition) is 5. The van der Waals surface area contributed by atoms with Crippen LogP contribution in [0.1, 0.15) is 5.56 Å². The molecule has 0 spiro atoms. The van der Waals surface area contributed by atoms with E-state index < -0.39 is 31.0 Å². The second kappa shape index (κ2) is 18.4. The first kappa shape index (κ1) is 29.6. The Hall–Kier alpha value is 0.390. The average molecular weight is 535 g/mol. The molecule has 8 nitrogen and oxygen atoms in total. The molecule has 0 radical (unpaired) electrons. The fourth-order valence-corrected chi connectivity index (χ4v) is 2.13. The van der Waals surface area contributed by atoms with Gasteiger partial charge in [-0.25, -0.2) is 0 Å². The first-order chi connectivity index (χ1) is 12.3. The number of rotatable bonds is 11. The summed E-state index contributed by atoms with van der Waals surface area (Å²) in [4.78, 5) is 35.4.